The molecule has 0 bridgehead atoms. The van der Waals surface area contributed by atoms with Gasteiger partial charge in [0, 0.05) is 31.1 Å². The van der Waals surface area contributed by atoms with E-state index in [1.807, 2.05) is 25.4 Å². The monoisotopic (exact) mass is 401 g/mol. The van der Waals surface area contributed by atoms with Crippen molar-refractivity contribution in [2.24, 2.45) is 4.99 Å². The summed E-state index contributed by atoms with van der Waals surface area (Å²) in [4.78, 5) is 4.26. The van der Waals surface area contributed by atoms with Crippen LogP contribution >= 0.6 is 8.58 Å². The number of ether oxygens (including phenoxy) is 3. The van der Waals surface area contributed by atoms with E-state index in [9.17, 15) is 0 Å². The molecule has 2 unspecified atom stereocenters. The van der Waals surface area contributed by atoms with Crippen molar-refractivity contribution in [3.8, 4) is 11.5 Å². The molecule has 0 aliphatic carbocycles. The second-order valence-electron chi connectivity index (χ2n) is 7.10. The second kappa shape index (κ2) is 10.6. The highest BCUT2D eigenvalue weighted by Crippen LogP contribution is 2.49. The summed E-state index contributed by atoms with van der Waals surface area (Å²) in [6.45, 7) is 6.88. The van der Waals surface area contributed by atoms with Crippen LogP contribution in [0.1, 0.15) is 43.4 Å². The van der Waals surface area contributed by atoms with E-state index in [1.165, 1.54) is 16.4 Å². The maximum absolute atomic E-state index is 5.91. The number of hydrogen-bond donors (Lipinski definition) is 0. The predicted molar refractivity (Wildman–Crippen MR) is 120 cm³/mol. The lowest BCUT2D eigenvalue weighted by Crippen LogP contribution is -2.22. The molecular weight excluding hydrogens is 369 g/mol. The van der Waals surface area contributed by atoms with Gasteiger partial charge in [-0.05, 0) is 48.5 Å². The molecule has 2 aromatic rings. The summed E-state index contributed by atoms with van der Waals surface area (Å²) in [5.41, 5.74) is 3.58. The first-order valence-corrected chi connectivity index (χ1v) is 10.6. The van der Waals surface area contributed by atoms with E-state index in [0.29, 0.717) is 8.58 Å². The smallest absolute Gasteiger partial charge is 0.188 e. The molecule has 0 N–H and O–H groups in total. The molecule has 2 rings (SSSR count). The minimum absolute atomic E-state index is 0.0854. The molecule has 0 aliphatic rings. The summed E-state index contributed by atoms with van der Waals surface area (Å²) in [6, 6.07) is 12.6. The summed E-state index contributed by atoms with van der Waals surface area (Å²) in [5, 5.41) is 1.23. The standard InChI is InChI=1S/C23H32NO3P/c1-7-12-23(3,28-22-11-8-17(2)13-18(22)15-24-4)20-14-19(26-6)9-10-21(20)27-16-25-5/h8-11,13-15,28H,7,12,16H2,1-6H3. The molecular formula is C23H32NO3P. The van der Waals surface area contributed by atoms with Gasteiger partial charge in [-0.2, -0.15) is 0 Å². The van der Waals surface area contributed by atoms with Crippen molar-refractivity contribution in [3.63, 3.8) is 0 Å². The molecule has 2 aromatic carbocycles. The summed E-state index contributed by atoms with van der Waals surface area (Å²) in [6.07, 6.45) is 4.07. The zero-order chi connectivity index (χ0) is 20.6. The topological polar surface area (TPSA) is 40.0 Å². The molecule has 0 radical (unpaired) electrons. The van der Waals surface area contributed by atoms with Crippen LogP contribution in [-0.2, 0) is 9.89 Å². The average Bonchev–Trinajstić information content (AvgIpc) is 2.69. The molecule has 152 valence electrons. The normalized spacial score (nSPS) is 13.9. The van der Waals surface area contributed by atoms with Gasteiger partial charge in [-0.1, -0.05) is 46.5 Å². The Balaban J connectivity index is 2.54. The fourth-order valence-corrected chi connectivity index (χ4v) is 5.17. The van der Waals surface area contributed by atoms with Crippen molar-refractivity contribution in [2.75, 3.05) is 28.1 Å². The Morgan fingerprint density at radius 3 is 2.57 bits per heavy atom. The number of benzene rings is 2. The van der Waals surface area contributed by atoms with Crippen molar-refractivity contribution in [1.82, 2.24) is 0 Å². The zero-order valence-electron chi connectivity index (χ0n) is 17.8. The van der Waals surface area contributed by atoms with Gasteiger partial charge in [0.15, 0.2) is 6.79 Å². The highest BCUT2D eigenvalue weighted by molar-refractivity contribution is 7.48. The van der Waals surface area contributed by atoms with E-state index in [0.717, 1.165) is 29.9 Å². The van der Waals surface area contributed by atoms with Crippen LogP contribution in [0.25, 0.3) is 0 Å². The van der Waals surface area contributed by atoms with Gasteiger partial charge in [0.25, 0.3) is 0 Å². The van der Waals surface area contributed by atoms with Gasteiger partial charge >= 0.3 is 0 Å². The van der Waals surface area contributed by atoms with Crippen LogP contribution in [0.3, 0.4) is 0 Å². The van der Waals surface area contributed by atoms with Gasteiger partial charge in [0.05, 0.1) is 7.11 Å². The van der Waals surface area contributed by atoms with Gasteiger partial charge < -0.3 is 14.2 Å². The van der Waals surface area contributed by atoms with Gasteiger partial charge in [0.1, 0.15) is 11.5 Å². The van der Waals surface area contributed by atoms with Crippen LogP contribution < -0.4 is 14.8 Å². The first-order valence-electron chi connectivity index (χ1n) is 9.58. The molecule has 0 spiro atoms. The van der Waals surface area contributed by atoms with Crippen molar-refractivity contribution >= 4 is 20.1 Å². The first-order chi connectivity index (χ1) is 13.5. The van der Waals surface area contributed by atoms with Crippen LogP contribution in [0.2, 0.25) is 0 Å². The summed E-state index contributed by atoms with van der Waals surface area (Å²) >= 11 is 0. The largest absolute Gasteiger partial charge is 0.497 e. The number of rotatable bonds is 10. The van der Waals surface area contributed by atoms with E-state index in [2.05, 4.69) is 50.0 Å². The second-order valence-corrected chi connectivity index (χ2v) is 8.99. The Bertz CT molecular complexity index is 806. The number of hydrogen-bond acceptors (Lipinski definition) is 4. The highest BCUT2D eigenvalue weighted by atomic mass is 31.1. The molecule has 5 heteroatoms. The maximum atomic E-state index is 5.91. The minimum atomic E-state index is -0.0854. The quantitative estimate of drug-likeness (QED) is 0.318. The highest BCUT2D eigenvalue weighted by Gasteiger charge is 2.31. The average molecular weight is 401 g/mol. The van der Waals surface area contributed by atoms with E-state index >= 15 is 0 Å². The molecule has 0 heterocycles. The fourth-order valence-electron chi connectivity index (χ4n) is 3.42. The molecule has 0 saturated heterocycles. The van der Waals surface area contributed by atoms with Crippen molar-refractivity contribution in [2.45, 2.75) is 38.8 Å². The number of methoxy groups -OCH3 is 2. The Labute approximate surface area is 171 Å². The fraction of sp³-hybridized carbons (Fsp3) is 0.435. The van der Waals surface area contributed by atoms with Crippen LogP contribution in [0.15, 0.2) is 41.4 Å². The Kier molecular flexibility index (Phi) is 8.47. The molecule has 0 aliphatic heterocycles. The summed E-state index contributed by atoms with van der Waals surface area (Å²) in [5.74, 6) is 1.69. The van der Waals surface area contributed by atoms with Crippen molar-refractivity contribution in [1.29, 1.82) is 0 Å². The van der Waals surface area contributed by atoms with Crippen LogP contribution in [0.5, 0.6) is 11.5 Å². The number of nitrogens with zero attached hydrogens (tertiary/aromatic N) is 1. The van der Waals surface area contributed by atoms with Gasteiger partial charge in [-0.15, -0.1) is 0 Å². The summed E-state index contributed by atoms with van der Waals surface area (Å²) in [7, 11) is 5.72. The van der Waals surface area contributed by atoms with Gasteiger partial charge in [-0.3, -0.25) is 4.99 Å². The molecule has 2 atom stereocenters. The lowest BCUT2D eigenvalue weighted by molar-refractivity contribution is 0.0500. The zero-order valence-corrected chi connectivity index (χ0v) is 18.8. The maximum Gasteiger partial charge on any atom is 0.188 e. The molecule has 0 saturated carbocycles. The lowest BCUT2D eigenvalue weighted by atomic mass is 9.94. The Morgan fingerprint density at radius 2 is 1.93 bits per heavy atom. The molecule has 4 nitrogen and oxygen atoms in total. The molecule has 0 aromatic heterocycles. The third-order valence-electron chi connectivity index (χ3n) is 4.75. The third kappa shape index (κ3) is 5.56. The van der Waals surface area contributed by atoms with E-state index in [-0.39, 0.29) is 11.9 Å². The number of aryl methyl sites for hydroxylation is 1. The third-order valence-corrected chi connectivity index (χ3v) is 6.55. The minimum Gasteiger partial charge on any atom is -0.497 e. The van der Waals surface area contributed by atoms with Gasteiger partial charge in [0.2, 0.25) is 0 Å². The summed E-state index contributed by atoms with van der Waals surface area (Å²) < 4.78 is 16.6. The van der Waals surface area contributed by atoms with Crippen LogP contribution in [0.4, 0.5) is 0 Å². The van der Waals surface area contributed by atoms with E-state index < -0.39 is 0 Å². The van der Waals surface area contributed by atoms with E-state index in [1.54, 1.807) is 14.2 Å². The van der Waals surface area contributed by atoms with E-state index in [4.69, 9.17) is 14.2 Å². The Hall–Kier alpha value is -1.90. The number of aliphatic imine (C=N–C) groups is 1. The predicted octanol–water partition coefficient (Wildman–Crippen LogP) is 5.05. The molecule has 0 fully saturated rings. The molecule has 28 heavy (non-hydrogen) atoms. The Morgan fingerprint density at radius 1 is 1.14 bits per heavy atom. The van der Waals surface area contributed by atoms with Crippen LogP contribution in [0, 0.1) is 6.92 Å². The molecule has 0 amide bonds. The van der Waals surface area contributed by atoms with Crippen LogP contribution in [-0.4, -0.2) is 34.3 Å². The van der Waals surface area contributed by atoms with Gasteiger partial charge in [-0.25, -0.2) is 0 Å². The lowest BCUT2D eigenvalue weighted by Gasteiger charge is -2.32. The first kappa shape index (κ1) is 22.4. The van der Waals surface area contributed by atoms with Crippen molar-refractivity contribution in [3.05, 3.63) is 53.1 Å². The SMILES string of the molecule is CCCC(C)(Pc1ccc(C)cc1C=NC)c1cc(OC)ccc1OCOC. The van der Waals surface area contributed by atoms with Crippen molar-refractivity contribution < 1.29 is 14.2 Å².